The van der Waals surface area contributed by atoms with Crippen LogP contribution in [0.25, 0.3) is 0 Å². The van der Waals surface area contributed by atoms with Gasteiger partial charge in [0.05, 0.1) is 23.8 Å². The van der Waals surface area contributed by atoms with Crippen LogP contribution in [0.1, 0.15) is 41.7 Å². The summed E-state index contributed by atoms with van der Waals surface area (Å²) in [6.07, 6.45) is -4.65. The van der Waals surface area contributed by atoms with Crippen molar-refractivity contribution in [3.63, 3.8) is 0 Å². The normalized spacial score (nSPS) is 24.6. The Morgan fingerprint density at radius 1 is 1.19 bits per heavy atom. The van der Waals surface area contributed by atoms with E-state index in [1.165, 1.54) is 12.1 Å². The minimum absolute atomic E-state index is 0.0252. The lowest BCUT2D eigenvalue weighted by Gasteiger charge is -2.45. The summed E-state index contributed by atoms with van der Waals surface area (Å²) in [5, 5.41) is 5.94. The van der Waals surface area contributed by atoms with Gasteiger partial charge in [-0.25, -0.2) is 4.79 Å². The molecule has 6 nitrogen and oxygen atoms in total. The Labute approximate surface area is 184 Å². The van der Waals surface area contributed by atoms with Crippen molar-refractivity contribution in [3.8, 4) is 0 Å². The van der Waals surface area contributed by atoms with E-state index in [9.17, 15) is 18.0 Å². The molecule has 2 aromatic carbocycles. The highest BCUT2D eigenvalue weighted by Crippen LogP contribution is 2.51. The molecule has 32 heavy (non-hydrogen) atoms. The first-order chi connectivity index (χ1) is 15.4. The molecule has 0 spiro atoms. The van der Waals surface area contributed by atoms with Crippen LogP contribution < -0.4 is 16.4 Å². The van der Waals surface area contributed by atoms with Gasteiger partial charge >= 0.3 is 12.3 Å². The highest BCUT2D eigenvalue weighted by Gasteiger charge is 2.43. The average Bonchev–Trinajstić information content (AvgIpc) is 2.80. The molecule has 4 N–H and O–H groups in total. The standard InChI is InChI=1S/C23H26F3N3O3/c24-23(25,26)15-6-9-19-18(12-15)21-17(20(29-19)14-4-2-1-3-5-14)8-7-16(32-21)13-31-22(30)28-11-10-27/h1-6,9,12,16-17,20-21,29H,7-8,10-11,13,27H2,(H,28,30)/t16-,17+,20+,21+/m1/s1. The molecule has 0 saturated carbocycles. The Hall–Kier alpha value is -2.78. The molecule has 0 unspecified atom stereocenters. The first-order valence-electron chi connectivity index (χ1n) is 10.7. The van der Waals surface area contributed by atoms with E-state index in [-0.39, 0.29) is 18.6 Å². The highest BCUT2D eigenvalue weighted by atomic mass is 19.4. The summed E-state index contributed by atoms with van der Waals surface area (Å²) < 4.78 is 51.6. The van der Waals surface area contributed by atoms with Gasteiger partial charge in [0.25, 0.3) is 0 Å². The van der Waals surface area contributed by atoms with Crippen LogP contribution in [0.15, 0.2) is 48.5 Å². The van der Waals surface area contributed by atoms with Gasteiger partial charge in [0, 0.05) is 30.3 Å². The Balaban J connectivity index is 1.59. The molecule has 0 aliphatic carbocycles. The predicted molar refractivity (Wildman–Crippen MR) is 113 cm³/mol. The van der Waals surface area contributed by atoms with Crippen LogP contribution in [0, 0.1) is 5.92 Å². The number of hydrogen-bond acceptors (Lipinski definition) is 5. The number of rotatable bonds is 5. The van der Waals surface area contributed by atoms with E-state index in [0.717, 1.165) is 11.6 Å². The molecule has 2 heterocycles. The first kappa shape index (κ1) is 22.4. The minimum Gasteiger partial charge on any atom is -0.447 e. The van der Waals surface area contributed by atoms with Crippen LogP contribution >= 0.6 is 0 Å². The van der Waals surface area contributed by atoms with Gasteiger partial charge in [0.1, 0.15) is 6.61 Å². The molecule has 1 saturated heterocycles. The van der Waals surface area contributed by atoms with Crippen molar-refractivity contribution in [1.29, 1.82) is 0 Å². The lowest BCUT2D eigenvalue weighted by Crippen LogP contribution is -2.41. The van der Waals surface area contributed by atoms with E-state index in [4.69, 9.17) is 15.2 Å². The van der Waals surface area contributed by atoms with Crippen LogP contribution in [0.2, 0.25) is 0 Å². The fourth-order valence-electron chi connectivity index (χ4n) is 4.44. The van der Waals surface area contributed by atoms with Gasteiger partial charge in [0.2, 0.25) is 0 Å². The molecule has 0 aromatic heterocycles. The number of nitrogens with one attached hydrogen (secondary N) is 2. The molecule has 4 rings (SSSR count). The lowest BCUT2D eigenvalue weighted by atomic mass is 9.76. The number of amides is 1. The zero-order chi connectivity index (χ0) is 22.7. The zero-order valence-electron chi connectivity index (χ0n) is 17.4. The van der Waals surface area contributed by atoms with Gasteiger partial charge in [-0.1, -0.05) is 30.3 Å². The second kappa shape index (κ2) is 9.38. The topological polar surface area (TPSA) is 85.6 Å². The monoisotopic (exact) mass is 449 g/mol. The summed E-state index contributed by atoms with van der Waals surface area (Å²) in [7, 11) is 0. The second-order valence-corrected chi connectivity index (χ2v) is 8.07. The Morgan fingerprint density at radius 2 is 1.97 bits per heavy atom. The van der Waals surface area contributed by atoms with E-state index in [1.807, 2.05) is 30.3 Å². The molecule has 4 atom stereocenters. The van der Waals surface area contributed by atoms with Crippen LogP contribution in [0.4, 0.5) is 23.7 Å². The summed E-state index contributed by atoms with van der Waals surface area (Å²) in [4.78, 5) is 11.7. The van der Waals surface area contributed by atoms with Crippen LogP contribution in [-0.4, -0.2) is 31.9 Å². The number of alkyl halides is 3. The quantitative estimate of drug-likeness (QED) is 0.630. The molecule has 2 aromatic rings. The fraction of sp³-hybridized carbons (Fsp3) is 0.435. The maximum atomic E-state index is 13.4. The molecule has 9 heteroatoms. The summed E-state index contributed by atoms with van der Waals surface area (Å²) in [6.45, 7) is 0.620. The number of anilines is 1. The number of alkyl carbamates (subject to hydrolysis) is 1. The Kier molecular flexibility index (Phi) is 6.57. The number of halogens is 3. The number of ether oxygens (including phenoxy) is 2. The fourth-order valence-corrected chi connectivity index (χ4v) is 4.44. The van der Waals surface area contributed by atoms with Crippen LogP contribution in [0.5, 0.6) is 0 Å². The third-order valence-electron chi connectivity index (χ3n) is 5.95. The van der Waals surface area contributed by atoms with Crippen molar-refractivity contribution in [1.82, 2.24) is 5.32 Å². The molecule has 0 bridgehead atoms. The first-order valence-corrected chi connectivity index (χ1v) is 10.7. The number of benzene rings is 2. The SMILES string of the molecule is NCCNC(=O)OC[C@H]1CC[C@@H]2[C@H](O1)c1cc(C(F)(F)F)ccc1N[C@H]2c1ccccc1. The summed E-state index contributed by atoms with van der Waals surface area (Å²) in [5.41, 5.74) is 6.80. The third-order valence-corrected chi connectivity index (χ3v) is 5.95. The number of carbonyl (C=O) groups is 1. The molecule has 1 amide bonds. The van der Waals surface area contributed by atoms with Crippen molar-refractivity contribution in [2.45, 2.75) is 37.3 Å². The highest BCUT2D eigenvalue weighted by molar-refractivity contribution is 5.67. The van der Waals surface area contributed by atoms with Gasteiger partial charge in [-0.2, -0.15) is 13.2 Å². The van der Waals surface area contributed by atoms with Crippen molar-refractivity contribution in [3.05, 3.63) is 65.2 Å². The predicted octanol–water partition coefficient (Wildman–Crippen LogP) is 4.39. The van der Waals surface area contributed by atoms with Gasteiger partial charge < -0.3 is 25.8 Å². The number of hydrogen-bond donors (Lipinski definition) is 3. The third kappa shape index (κ3) is 4.83. The van der Waals surface area contributed by atoms with Gasteiger partial charge in [-0.05, 0) is 36.6 Å². The zero-order valence-corrected chi connectivity index (χ0v) is 17.4. The molecular formula is C23H26F3N3O3. The van der Waals surface area contributed by atoms with Crippen molar-refractivity contribution < 1.29 is 27.4 Å². The molecular weight excluding hydrogens is 423 g/mol. The summed E-state index contributed by atoms with van der Waals surface area (Å²) in [6, 6.07) is 13.4. The van der Waals surface area contributed by atoms with E-state index in [0.29, 0.717) is 37.2 Å². The van der Waals surface area contributed by atoms with Gasteiger partial charge in [-0.15, -0.1) is 0 Å². The number of carbonyl (C=O) groups excluding carboxylic acids is 1. The summed E-state index contributed by atoms with van der Waals surface area (Å²) in [5.74, 6) is -0.0595. The minimum atomic E-state index is -4.45. The molecule has 2 aliphatic heterocycles. The Bertz CT molecular complexity index is 939. The smallest absolute Gasteiger partial charge is 0.416 e. The lowest BCUT2D eigenvalue weighted by molar-refractivity contribution is -0.138. The number of fused-ring (bicyclic) bond motifs is 3. The average molecular weight is 449 g/mol. The molecule has 1 fully saturated rings. The second-order valence-electron chi connectivity index (χ2n) is 8.07. The van der Waals surface area contributed by atoms with Gasteiger partial charge in [0.15, 0.2) is 0 Å². The van der Waals surface area contributed by atoms with E-state index >= 15 is 0 Å². The van der Waals surface area contributed by atoms with Crippen molar-refractivity contribution in [2.24, 2.45) is 11.7 Å². The van der Waals surface area contributed by atoms with Crippen LogP contribution in [0.3, 0.4) is 0 Å². The number of nitrogens with two attached hydrogens (primary N) is 1. The molecule has 2 aliphatic rings. The van der Waals surface area contributed by atoms with Crippen LogP contribution in [-0.2, 0) is 15.7 Å². The summed E-state index contributed by atoms with van der Waals surface area (Å²) >= 11 is 0. The van der Waals surface area contributed by atoms with Crippen molar-refractivity contribution >= 4 is 11.8 Å². The van der Waals surface area contributed by atoms with Gasteiger partial charge in [-0.3, -0.25) is 0 Å². The maximum absolute atomic E-state index is 13.4. The van der Waals surface area contributed by atoms with E-state index < -0.39 is 30.0 Å². The van der Waals surface area contributed by atoms with Crippen molar-refractivity contribution in [2.75, 3.05) is 25.0 Å². The van der Waals surface area contributed by atoms with E-state index in [1.54, 1.807) is 0 Å². The largest absolute Gasteiger partial charge is 0.447 e. The maximum Gasteiger partial charge on any atom is 0.416 e. The van der Waals surface area contributed by atoms with E-state index in [2.05, 4.69) is 10.6 Å². The molecule has 172 valence electrons. The Morgan fingerprint density at radius 3 is 2.69 bits per heavy atom. The molecule has 0 radical (unpaired) electrons.